The molecule has 0 saturated heterocycles. The molecule has 0 unspecified atom stereocenters. The zero-order valence-corrected chi connectivity index (χ0v) is 10.4. The van der Waals surface area contributed by atoms with Crippen molar-refractivity contribution in [3.05, 3.63) is 31.9 Å². The molecule has 0 fully saturated rings. The summed E-state index contributed by atoms with van der Waals surface area (Å²) in [6.07, 6.45) is 0. The van der Waals surface area contributed by atoms with Crippen molar-refractivity contribution in [2.45, 2.75) is 6.54 Å². The molecule has 0 N–H and O–H groups in total. The van der Waals surface area contributed by atoms with Crippen LogP contribution < -0.4 is 0 Å². The molecular weight excluding hydrogens is 318 g/mol. The average Bonchev–Trinajstić information content (AvgIpc) is 2.63. The average molecular weight is 323 g/mol. The molecule has 0 atom stereocenters. The summed E-state index contributed by atoms with van der Waals surface area (Å²) in [5, 5.41) is 6.25. The van der Waals surface area contributed by atoms with Crippen molar-refractivity contribution >= 4 is 43.2 Å². The van der Waals surface area contributed by atoms with Gasteiger partial charge in [-0.3, -0.25) is 4.68 Å². The summed E-state index contributed by atoms with van der Waals surface area (Å²) in [5.74, 6) is 0. The molecule has 0 radical (unpaired) electrons. The van der Waals surface area contributed by atoms with E-state index in [1.807, 2.05) is 21.6 Å². The highest BCUT2D eigenvalue weighted by atomic mass is 79.9. The smallest absolute Gasteiger partial charge is 0.129 e. The number of thiazole rings is 1. The van der Waals surface area contributed by atoms with Gasteiger partial charge in [-0.1, -0.05) is 0 Å². The number of halogens is 2. The van der Waals surface area contributed by atoms with Gasteiger partial charge in [0, 0.05) is 11.4 Å². The van der Waals surface area contributed by atoms with Crippen molar-refractivity contribution in [2.75, 3.05) is 0 Å². The first-order chi connectivity index (χ1) is 6.25. The first-order valence-electron chi connectivity index (χ1n) is 3.51. The van der Waals surface area contributed by atoms with Crippen molar-refractivity contribution in [1.29, 1.82) is 0 Å². The van der Waals surface area contributed by atoms with Crippen LogP contribution in [0.25, 0.3) is 0 Å². The van der Waals surface area contributed by atoms with Gasteiger partial charge in [0.25, 0.3) is 0 Å². The lowest BCUT2D eigenvalue weighted by Crippen LogP contribution is -2.01. The zero-order valence-electron chi connectivity index (χ0n) is 6.44. The SMILES string of the molecule is Brc1cc(Br)n(Cc2cscn2)n1. The molecule has 0 saturated carbocycles. The maximum Gasteiger partial charge on any atom is 0.129 e. The third-order valence-electron chi connectivity index (χ3n) is 1.50. The van der Waals surface area contributed by atoms with E-state index in [0.717, 1.165) is 14.9 Å². The summed E-state index contributed by atoms with van der Waals surface area (Å²) in [5.41, 5.74) is 2.85. The summed E-state index contributed by atoms with van der Waals surface area (Å²) in [7, 11) is 0. The minimum Gasteiger partial charge on any atom is -0.251 e. The number of hydrogen-bond donors (Lipinski definition) is 0. The molecule has 2 aromatic heterocycles. The van der Waals surface area contributed by atoms with Gasteiger partial charge in [0.1, 0.15) is 9.21 Å². The van der Waals surface area contributed by atoms with Gasteiger partial charge in [0.05, 0.1) is 17.7 Å². The molecular formula is C7H5Br2N3S. The summed E-state index contributed by atoms with van der Waals surface area (Å²) in [6, 6.07) is 1.91. The lowest BCUT2D eigenvalue weighted by molar-refractivity contribution is 0.657. The van der Waals surface area contributed by atoms with Crippen molar-refractivity contribution in [3.8, 4) is 0 Å². The van der Waals surface area contributed by atoms with Crippen LogP contribution in [0.3, 0.4) is 0 Å². The fourth-order valence-electron chi connectivity index (χ4n) is 0.945. The van der Waals surface area contributed by atoms with Crippen LogP contribution in [0.15, 0.2) is 26.2 Å². The van der Waals surface area contributed by atoms with Crippen LogP contribution in [0.4, 0.5) is 0 Å². The maximum absolute atomic E-state index is 4.24. The quantitative estimate of drug-likeness (QED) is 0.851. The highest BCUT2D eigenvalue weighted by molar-refractivity contribution is 9.11. The third kappa shape index (κ3) is 2.18. The monoisotopic (exact) mass is 321 g/mol. The fraction of sp³-hybridized carbons (Fsp3) is 0.143. The van der Waals surface area contributed by atoms with Gasteiger partial charge in [-0.15, -0.1) is 11.3 Å². The van der Waals surface area contributed by atoms with E-state index in [1.165, 1.54) is 0 Å². The van der Waals surface area contributed by atoms with Gasteiger partial charge in [0.2, 0.25) is 0 Å². The summed E-state index contributed by atoms with van der Waals surface area (Å²) >= 11 is 8.31. The second-order valence-electron chi connectivity index (χ2n) is 2.43. The Kier molecular flexibility index (Phi) is 2.80. The minimum atomic E-state index is 0.704. The fourth-order valence-corrected chi connectivity index (χ4v) is 2.63. The zero-order chi connectivity index (χ0) is 9.26. The summed E-state index contributed by atoms with van der Waals surface area (Å²) in [4.78, 5) is 4.18. The highest BCUT2D eigenvalue weighted by Crippen LogP contribution is 2.17. The van der Waals surface area contributed by atoms with Gasteiger partial charge in [-0.05, 0) is 31.9 Å². The van der Waals surface area contributed by atoms with E-state index >= 15 is 0 Å². The van der Waals surface area contributed by atoms with E-state index in [0.29, 0.717) is 6.54 Å². The number of nitrogens with zero attached hydrogens (tertiary/aromatic N) is 3. The van der Waals surface area contributed by atoms with Crippen LogP contribution in [-0.4, -0.2) is 14.8 Å². The molecule has 0 bridgehead atoms. The predicted molar refractivity (Wildman–Crippen MR) is 58.8 cm³/mol. The maximum atomic E-state index is 4.24. The first-order valence-corrected chi connectivity index (χ1v) is 6.04. The van der Waals surface area contributed by atoms with Crippen molar-refractivity contribution in [2.24, 2.45) is 0 Å². The van der Waals surface area contributed by atoms with Crippen molar-refractivity contribution in [3.63, 3.8) is 0 Å². The Morgan fingerprint density at radius 3 is 2.85 bits per heavy atom. The number of aromatic nitrogens is 3. The van der Waals surface area contributed by atoms with Gasteiger partial charge in [-0.2, -0.15) is 5.10 Å². The minimum absolute atomic E-state index is 0.704. The molecule has 0 aromatic carbocycles. The first kappa shape index (κ1) is 9.36. The normalized spacial score (nSPS) is 10.6. The van der Waals surface area contributed by atoms with Crippen molar-refractivity contribution in [1.82, 2.24) is 14.8 Å². The van der Waals surface area contributed by atoms with E-state index in [1.54, 1.807) is 11.3 Å². The van der Waals surface area contributed by atoms with Crippen LogP contribution in [0, 0.1) is 0 Å². The van der Waals surface area contributed by atoms with E-state index in [9.17, 15) is 0 Å². The van der Waals surface area contributed by atoms with Crippen LogP contribution in [0.2, 0.25) is 0 Å². The molecule has 2 rings (SSSR count). The molecule has 0 spiro atoms. The van der Waals surface area contributed by atoms with Crippen LogP contribution in [0.1, 0.15) is 5.69 Å². The molecule has 0 aliphatic rings. The summed E-state index contributed by atoms with van der Waals surface area (Å²) in [6.45, 7) is 0.704. The molecule has 0 aliphatic heterocycles. The Hall–Kier alpha value is -0.200. The van der Waals surface area contributed by atoms with Gasteiger partial charge in [-0.25, -0.2) is 4.98 Å². The Balaban J connectivity index is 2.23. The molecule has 68 valence electrons. The lowest BCUT2D eigenvalue weighted by Gasteiger charge is -1.98. The van der Waals surface area contributed by atoms with E-state index in [-0.39, 0.29) is 0 Å². The van der Waals surface area contributed by atoms with Gasteiger partial charge in [0.15, 0.2) is 0 Å². The molecule has 0 amide bonds. The Bertz CT molecular complexity index is 396. The largest absolute Gasteiger partial charge is 0.251 e. The second kappa shape index (κ2) is 3.89. The van der Waals surface area contributed by atoms with E-state index < -0.39 is 0 Å². The van der Waals surface area contributed by atoms with Crippen LogP contribution >= 0.6 is 43.2 Å². The number of rotatable bonds is 2. The van der Waals surface area contributed by atoms with Crippen LogP contribution in [-0.2, 0) is 6.54 Å². The standard InChI is InChI=1S/C7H5Br2N3S/c8-6-1-7(9)12(11-6)2-5-3-13-4-10-5/h1,3-4H,2H2. The van der Waals surface area contributed by atoms with E-state index in [2.05, 4.69) is 41.9 Å². The number of hydrogen-bond acceptors (Lipinski definition) is 3. The lowest BCUT2D eigenvalue weighted by atomic mass is 10.5. The van der Waals surface area contributed by atoms with E-state index in [4.69, 9.17) is 0 Å². The van der Waals surface area contributed by atoms with Crippen molar-refractivity contribution < 1.29 is 0 Å². The molecule has 2 aromatic rings. The Morgan fingerprint density at radius 1 is 1.46 bits per heavy atom. The van der Waals surface area contributed by atoms with Gasteiger partial charge < -0.3 is 0 Å². The molecule has 2 heterocycles. The van der Waals surface area contributed by atoms with Gasteiger partial charge >= 0.3 is 0 Å². The van der Waals surface area contributed by atoms with Crippen LogP contribution in [0.5, 0.6) is 0 Å². The highest BCUT2D eigenvalue weighted by Gasteiger charge is 2.04. The molecule has 0 aliphatic carbocycles. The molecule has 13 heavy (non-hydrogen) atoms. The molecule has 6 heteroatoms. The predicted octanol–water partition coefficient (Wildman–Crippen LogP) is 2.91. The second-order valence-corrected chi connectivity index (χ2v) is 4.77. The topological polar surface area (TPSA) is 30.7 Å². The Labute approximate surface area is 96.1 Å². The Morgan fingerprint density at radius 2 is 2.31 bits per heavy atom. The third-order valence-corrected chi connectivity index (χ3v) is 3.16. The molecule has 3 nitrogen and oxygen atoms in total. The summed E-state index contributed by atoms with van der Waals surface area (Å²) < 4.78 is 3.63.